The molecular weight excluding hydrogens is 1080 g/mol. The standard InChI is InChI=1S/C51H40F20N2O4/c1-28(2)36-38-35(37(39(36)74)33-11-7-4-8-12-33)26-73(42(38,25-31-17-19-34(52)20-18-31)40(75)72-24-22-29-9-5-3-6-10-29)41(76)77-27-32-15-13-30(14-16-32)21-23-43(53,54)44(55,56)45(57,58)46(59,60)47(61,62)48(63,64)49(65,66)50(67,68)51(69,70)71/h3-20,38H,21-27H2,1-2H3,(H,72,75). The summed E-state index contributed by atoms with van der Waals surface area (Å²) in [4.78, 5) is 45.2. The topological polar surface area (TPSA) is 75.7 Å². The average molecular weight is 1120 g/mol. The Balaban J connectivity index is 1.27. The minimum atomic E-state index is -9.02. The second kappa shape index (κ2) is 20.6. The van der Waals surface area contributed by atoms with Gasteiger partial charge >= 0.3 is 59.6 Å². The molecule has 1 N–H and O–H groups in total. The zero-order chi connectivity index (χ0) is 57.8. The Kier molecular flexibility index (Phi) is 16.0. The van der Waals surface area contributed by atoms with Crippen LogP contribution in [0.1, 0.15) is 48.1 Å². The molecule has 1 aliphatic heterocycles. The number of hydrogen-bond donors (Lipinski definition) is 1. The van der Waals surface area contributed by atoms with Crippen LogP contribution in [0.15, 0.2) is 126 Å². The predicted molar refractivity (Wildman–Crippen MR) is 234 cm³/mol. The Labute approximate surface area is 423 Å². The second-order valence-corrected chi connectivity index (χ2v) is 18.3. The number of amides is 2. The maximum absolute atomic E-state index is 15.1. The van der Waals surface area contributed by atoms with Crippen molar-refractivity contribution in [3.8, 4) is 0 Å². The zero-order valence-corrected chi connectivity index (χ0v) is 39.6. The van der Waals surface area contributed by atoms with Crippen molar-refractivity contribution in [2.24, 2.45) is 5.92 Å². The van der Waals surface area contributed by atoms with E-state index in [0.717, 1.165) is 46.9 Å². The van der Waals surface area contributed by atoms with E-state index >= 15 is 4.79 Å². The van der Waals surface area contributed by atoms with Crippen molar-refractivity contribution in [1.29, 1.82) is 0 Å². The number of ketones is 1. The number of carbonyl (C=O) groups excluding carboxylic acids is 3. The normalized spacial score (nSPS) is 18.2. The van der Waals surface area contributed by atoms with Crippen molar-refractivity contribution in [1.82, 2.24) is 10.2 Å². The summed E-state index contributed by atoms with van der Waals surface area (Å²) in [6.45, 7) is 2.08. The Bertz CT molecular complexity index is 2880. The van der Waals surface area contributed by atoms with Gasteiger partial charge in [-0.25, -0.2) is 9.18 Å². The Morgan fingerprint density at radius 1 is 0.584 bits per heavy atom. The van der Waals surface area contributed by atoms with Gasteiger partial charge in [0, 0.05) is 43.0 Å². The molecule has 6 nitrogen and oxygen atoms in total. The van der Waals surface area contributed by atoms with Gasteiger partial charge < -0.3 is 10.1 Å². The van der Waals surface area contributed by atoms with Gasteiger partial charge in [-0.15, -0.1) is 0 Å². The van der Waals surface area contributed by atoms with Gasteiger partial charge in [-0.2, -0.15) is 83.4 Å². The molecule has 1 aliphatic carbocycles. The number of Topliss-reactive ketones (excluding diaryl/α,β-unsaturated/α-hetero) is 1. The lowest BCUT2D eigenvalue weighted by atomic mass is 9.74. The molecule has 0 radical (unpaired) electrons. The number of likely N-dealkylation sites (tertiary alicyclic amines) is 1. The van der Waals surface area contributed by atoms with Gasteiger partial charge in [0.25, 0.3) is 0 Å². The van der Waals surface area contributed by atoms with E-state index in [1.54, 1.807) is 74.5 Å². The van der Waals surface area contributed by atoms with Crippen LogP contribution >= 0.6 is 0 Å². The average Bonchev–Trinajstić information content (AvgIpc) is 3.87. The van der Waals surface area contributed by atoms with Crippen molar-refractivity contribution in [2.75, 3.05) is 13.1 Å². The molecule has 2 amide bonds. The van der Waals surface area contributed by atoms with Gasteiger partial charge in [-0.3, -0.25) is 14.5 Å². The fraction of sp³-hybridized carbons (Fsp3) is 0.392. The van der Waals surface area contributed by atoms with Crippen LogP contribution in [-0.4, -0.2) is 94.9 Å². The number of ether oxygens (including phenoxy) is 1. The van der Waals surface area contributed by atoms with Gasteiger partial charge in [-0.1, -0.05) is 103 Å². The summed E-state index contributed by atoms with van der Waals surface area (Å²) in [5.74, 6) is -70.4. The highest BCUT2D eigenvalue weighted by Gasteiger charge is 2.96. The summed E-state index contributed by atoms with van der Waals surface area (Å²) >= 11 is 0. The molecule has 2 unspecified atom stereocenters. The molecule has 0 bridgehead atoms. The molecule has 0 aromatic heterocycles. The van der Waals surface area contributed by atoms with Crippen molar-refractivity contribution in [3.05, 3.63) is 160 Å². The molecular formula is C51H40F20N2O4. The molecule has 0 spiro atoms. The van der Waals surface area contributed by atoms with Crippen LogP contribution < -0.4 is 5.32 Å². The molecule has 2 aliphatic rings. The Hall–Kier alpha value is -6.63. The van der Waals surface area contributed by atoms with E-state index < -0.39 is 120 Å². The molecule has 1 saturated heterocycles. The van der Waals surface area contributed by atoms with E-state index in [1.165, 1.54) is 12.1 Å². The number of allylic oxidation sites excluding steroid dienone is 2. The van der Waals surface area contributed by atoms with E-state index in [0.29, 0.717) is 28.7 Å². The maximum atomic E-state index is 15.1. The van der Waals surface area contributed by atoms with Crippen LogP contribution in [0.25, 0.3) is 5.57 Å². The monoisotopic (exact) mass is 1120 g/mol. The zero-order valence-electron chi connectivity index (χ0n) is 39.6. The van der Waals surface area contributed by atoms with Gasteiger partial charge in [0.2, 0.25) is 5.91 Å². The molecule has 1 heterocycles. The summed E-state index contributed by atoms with van der Waals surface area (Å²) in [6, 6.07) is 25.5. The predicted octanol–water partition coefficient (Wildman–Crippen LogP) is 13.7. The summed E-state index contributed by atoms with van der Waals surface area (Å²) in [5.41, 5.74) is 0.0234. The number of nitrogens with zero attached hydrogens (tertiary/aromatic N) is 1. The maximum Gasteiger partial charge on any atom is 0.460 e. The van der Waals surface area contributed by atoms with Crippen LogP contribution in [0.3, 0.4) is 0 Å². The molecule has 0 saturated carbocycles. The minimum Gasteiger partial charge on any atom is -0.445 e. The van der Waals surface area contributed by atoms with Crippen LogP contribution in [-0.2, 0) is 40.2 Å². The molecule has 77 heavy (non-hydrogen) atoms. The molecule has 418 valence electrons. The first-order valence-corrected chi connectivity index (χ1v) is 22.6. The summed E-state index contributed by atoms with van der Waals surface area (Å²) in [5, 5.41) is 2.88. The van der Waals surface area contributed by atoms with E-state index in [1.807, 2.05) is 0 Å². The Morgan fingerprint density at radius 2 is 1.04 bits per heavy atom. The summed E-state index contributed by atoms with van der Waals surface area (Å²) in [6.07, 6.45) is -13.6. The highest BCUT2D eigenvalue weighted by atomic mass is 19.4. The van der Waals surface area contributed by atoms with Gasteiger partial charge in [0.1, 0.15) is 18.0 Å². The Morgan fingerprint density at radius 3 is 1.55 bits per heavy atom. The van der Waals surface area contributed by atoms with Crippen LogP contribution in [0.4, 0.5) is 92.6 Å². The molecule has 6 rings (SSSR count). The number of alkyl halides is 19. The van der Waals surface area contributed by atoms with E-state index in [2.05, 4.69) is 5.32 Å². The first-order valence-electron chi connectivity index (χ1n) is 22.6. The number of fused-ring (bicyclic) bond motifs is 1. The largest absolute Gasteiger partial charge is 0.460 e. The summed E-state index contributed by atoms with van der Waals surface area (Å²) < 4.78 is 283. The van der Waals surface area contributed by atoms with E-state index in [-0.39, 0.29) is 29.7 Å². The van der Waals surface area contributed by atoms with E-state index in [9.17, 15) is 97.4 Å². The number of benzene rings is 4. The molecule has 26 heteroatoms. The van der Waals surface area contributed by atoms with E-state index in [4.69, 9.17) is 4.74 Å². The van der Waals surface area contributed by atoms with Crippen molar-refractivity contribution in [2.45, 2.75) is 105 Å². The summed E-state index contributed by atoms with van der Waals surface area (Å²) in [7, 11) is 0. The number of rotatable bonds is 19. The van der Waals surface area contributed by atoms with Crippen molar-refractivity contribution in [3.63, 3.8) is 0 Å². The first-order chi connectivity index (χ1) is 35.4. The van der Waals surface area contributed by atoms with Crippen LogP contribution in [0, 0.1) is 11.7 Å². The SMILES string of the molecule is CC(C)=C1C(=O)C(c2ccccc2)=C2CN(C(=O)OCc3ccc(CCC(F)(F)C(F)(F)C(F)(F)C(F)(F)C(F)(F)C(F)(F)C(F)(F)C(F)(F)C(F)(F)F)cc3)C(Cc3ccc(F)cc3)(C(=O)NCCc3ccccc3)C21. The van der Waals surface area contributed by atoms with Gasteiger partial charge in [0.05, 0.1) is 0 Å². The lowest BCUT2D eigenvalue weighted by Crippen LogP contribution is -2.75. The quantitative estimate of drug-likeness (QED) is 0.0750. The van der Waals surface area contributed by atoms with Gasteiger partial charge in [0.15, 0.2) is 5.78 Å². The number of carbonyl (C=O) groups is 3. The van der Waals surface area contributed by atoms with Gasteiger partial charge in [-0.05, 0) is 72.2 Å². The molecule has 1 fully saturated rings. The third-order valence-corrected chi connectivity index (χ3v) is 13.2. The third-order valence-electron chi connectivity index (χ3n) is 13.2. The molecule has 4 aromatic rings. The second-order valence-electron chi connectivity index (χ2n) is 18.3. The van der Waals surface area contributed by atoms with Crippen LogP contribution in [0.5, 0.6) is 0 Å². The smallest absolute Gasteiger partial charge is 0.445 e. The number of aryl methyl sites for hydroxylation is 1. The highest BCUT2D eigenvalue weighted by Crippen LogP contribution is 2.65. The molecule has 2 atom stereocenters. The third kappa shape index (κ3) is 10.0. The lowest BCUT2D eigenvalue weighted by Gasteiger charge is -2.43. The fourth-order valence-electron chi connectivity index (χ4n) is 9.00. The molecule has 4 aromatic carbocycles. The van der Waals surface area contributed by atoms with Crippen LogP contribution in [0.2, 0.25) is 0 Å². The van der Waals surface area contributed by atoms with Crippen molar-refractivity contribution < 1.29 is 107 Å². The lowest BCUT2D eigenvalue weighted by molar-refractivity contribution is -0.468. The number of hydrogen-bond acceptors (Lipinski definition) is 4. The first kappa shape index (κ1) is 59.6. The highest BCUT2D eigenvalue weighted by molar-refractivity contribution is 6.34. The fourth-order valence-corrected chi connectivity index (χ4v) is 9.00. The number of nitrogens with one attached hydrogen (secondary N) is 1. The van der Waals surface area contributed by atoms with Crippen molar-refractivity contribution >= 4 is 23.4 Å². The number of halogens is 20. The minimum absolute atomic E-state index is 0.00555.